The molecule has 3 N–H and O–H groups in total. The lowest BCUT2D eigenvalue weighted by molar-refractivity contribution is 0.0935. The molecule has 0 saturated carbocycles. The molecular formula is C36H39N3O8. The number of anilines is 1. The van der Waals surface area contributed by atoms with Gasteiger partial charge in [0.15, 0.2) is 34.5 Å². The van der Waals surface area contributed by atoms with E-state index in [2.05, 4.69) is 16.1 Å². The van der Waals surface area contributed by atoms with Gasteiger partial charge in [-0.25, -0.2) is 0 Å². The molecule has 11 heteroatoms. The molecule has 0 aromatic heterocycles. The van der Waals surface area contributed by atoms with Crippen LogP contribution in [0.5, 0.6) is 40.2 Å². The van der Waals surface area contributed by atoms with Gasteiger partial charge in [-0.05, 0) is 72.1 Å². The van der Waals surface area contributed by atoms with Gasteiger partial charge in [0.25, 0.3) is 5.91 Å². The normalized spacial score (nSPS) is 14.3. The quantitative estimate of drug-likeness (QED) is 0.110. The van der Waals surface area contributed by atoms with Crippen LogP contribution in [-0.2, 0) is 0 Å². The Morgan fingerprint density at radius 2 is 1.36 bits per heavy atom. The zero-order valence-electron chi connectivity index (χ0n) is 27.2. The predicted molar refractivity (Wildman–Crippen MR) is 180 cm³/mol. The van der Waals surface area contributed by atoms with Crippen LogP contribution in [0.4, 0.5) is 5.69 Å². The number of para-hydroxylation sites is 1. The molecular weight excluding hydrogens is 602 g/mol. The maximum absolute atomic E-state index is 12.6. The molecule has 1 amide bonds. The van der Waals surface area contributed by atoms with Crippen LogP contribution < -0.4 is 49.4 Å². The first-order valence-corrected chi connectivity index (χ1v) is 14.9. The molecule has 0 radical (unpaired) electrons. The fourth-order valence-corrected chi connectivity index (χ4v) is 5.04. The SMILES string of the molecule is COc1cc(C2NC(=O)c3ccccc3N2)ccc1OCC(C)NOc1cc(/C=C\c2cc(OC)c(OC)c(OC)c2)ccc1OC. The minimum Gasteiger partial charge on any atom is -0.493 e. The lowest BCUT2D eigenvalue weighted by Crippen LogP contribution is -2.38. The molecule has 1 heterocycles. The molecule has 0 aliphatic carbocycles. The molecule has 0 spiro atoms. The topological polar surface area (TPSA) is 118 Å². The lowest BCUT2D eigenvalue weighted by atomic mass is 10.1. The third-order valence-corrected chi connectivity index (χ3v) is 7.47. The third-order valence-electron chi connectivity index (χ3n) is 7.47. The first-order valence-electron chi connectivity index (χ1n) is 14.9. The van der Waals surface area contributed by atoms with Gasteiger partial charge in [-0.2, -0.15) is 5.48 Å². The summed E-state index contributed by atoms with van der Waals surface area (Å²) in [6.45, 7) is 2.21. The fourth-order valence-electron chi connectivity index (χ4n) is 5.04. The summed E-state index contributed by atoms with van der Waals surface area (Å²) in [5.74, 6) is 3.71. The number of hydrogen-bond donors (Lipinski definition) is 3. The van der Waals surface area contributed by atoms with Gasteiger partial charge in [-0.3, -0.25) is 4.79 Å². The molecule has 1 aliphatic heterocycles. The molecule has 0 bridgehead atoms. The zero-order valence-corrected chi connectivity index (χ0v) is 27.2. The van der Waals surface area contributed by atoms with Gasteiger partial charge >= 0.3 is 0 Å². The van der Waals surface area contributed by atoms with Gasteiger partial charge in [-0.15, -0.1) is 0 Å². The number of benzene rings is 4. The van der Waals surface area contributed by atoms with Gasteiger partial charge in [0.05, 0.1) is 47.2 Å². The predicted octanol–water partition coefficient (Wildman–Crippen LogP) is 6.11. The van der Waals surface area contributed by atoms with Crippen molar-refractivity contribution in [1.82, 2.24) is 10.8 Å². The molecule has 4 aromatic carbocycles. The maximum atomic E-state index is 12.6. The summed E-state index contributed by atoms with van der Waals surface area (Å²) in [4.78, 5) is 18.5. The lowest BCUT2D eigenvalue weighted by Gasteiger charge is -2.28. The molecule has 11 nitrogen and oxygen atoms in total. The minimum atomic E-state index is -0.406. The highest BCUT2D eigenvalue weighted by molar-refractivity contribution is 6.01. The minimum absolute atomic E-state index is 0.139. The van der Waals surface area contributed by atoms with Gasteiger partial charge in [0.1, 0.15) is 12.8 Å². The second kappa shape index (κ2) is 15.2. The summed E-state index contributed by atoms with van der Waals surface area (Å²) >= 11 is 0. The Labute approximate surface area is 274 Å². The molecule has 246 valence electrons. The molecule has 0 saturated heterocycles. The number of ether oxygens (including phenoxy) is 6. The summed E-state index contributed by atoms with van der Waals surface area (Å²) in [5, 5.41) is 6.34. The van der Waals surface area contributed by atoms with Crippen LogP contribution >= 0.6 is 0 Å². The average Bonchev–Trinajstić information content (AvgIpc) is 3.11. The van der Waals surface area contributed by atoms with E-state index in [0.717, 1.165) is 22.4 Å². The van der Waals surface area contributed by atoms with Crippen molar-refractivity contribution >= 4 is 23.7 Å². The summed E-state index contributed by atoms with van der Waals surface area (Å²) < 4.78 is 33.5. The Hall–Kier alpha value is -5.55. The van der Waals surface area contributed by atoms with Crippen molar-refractivity contribution in [2.45, 2.75) is 19.1 Å². The Morgan fingerprint density at radius 3 is 2.06 bits per heavy atom. The van der Waals surface area contributed by atoms with E-state index in [1.165, 1.54) is 0 Å². The van der Waals surface area contributed by atoms with Crippen molar-refractivity contribution < 1.29 is 38.1 Å². The number of amides is 1. The van der Waals surface area contributed by atoms with Crippen LogP contribution in [0.15, 0.2) is 72.8 Å². The molecule has 2 atom stereocenters. The van der Waals surface area contributed by atoms with Crippen LogP contribution in [0.1, 0.15) is 40.1 Å². The zero-order chi connectivity index (χ0) is 33.3. The van der Waals surface area contributed by atoms with Crippen molar-refractivity contribution in [1.29, 1.82) is 0 Å². The van der Waals surface area contributed by atoms with Crippen molar-refractivity contribution in [3.8, 4) is 40.2 Å². The van der Waals surface area contributed by atoms with Crippen molar-refractivity contribution in [2.75, 3.05) is 47.5 Å². The van der Waals surface area contributed by atoms with Crippen LogP contribution in [0.25, 0.3) is 12.2 Å². The Kier molecular flexibility index (Phi) is 10.6. The van der Waals surface area contributed by atoms with E-state index in [0.29, 0.717) is 45.8 Å². The average molecular weight is 642 g/mol. The molecule has 47 heavy (non-hydrogen) atoms. The monoisotopic (exact) mass is 641 g/mol. The van der Waals surface area contributed by atoms with E-state index >= 15 is 0 Å². The highest BCUT2D eigenvalue weighted by Gasteiger charge is 2.25. The summed E-state index contributed by atoms with van der Waals surface area (Å²) in [6, 6.07) is 22.1. The first kappa shape index (κ1) is 32.8. The molecule has 4 aromatic rings. The summed E-state index contributed by atoms with van der Waals surface area (Å²) in [7, 11) is 7.90. The van der Waals surface area contributed by atoms with Gasteiger partial charge in [-0.1, -0.05) is 36.4 Å². The van der Waals surface area contributed by atoms with Crippen molar-refractivity contribution in [2.24, 2.45) is 0 Å². The first-order chi connectivity index (χ1) is 22.9. The Morgan fingerprint density at radius 1 is 0.702 bits per heavy atom. The highest BCUT2D eigenvalue weighted by Crippen LogP contribution is 2.39. The fraction of sp³-hybridized carbons (Fsp3) is 0.250. The van der Waals surface area contributed by atoms with Crippen LogP contribution in [0, 0.1) is 0 Å². The van der Waals surface area contributed by atoms with E-state index in [-0.39, 0.29) is 18.6 Å². The number of carbonyl (C=O) groups is 1. The number of nitrogens with one attached hydrogen (secondary N) is 3. The number of methoxy groups -OCH3 is 5. The number of hydrogen-bond acceptors (Lipinski definition) is 10. The Balaban J connectivity index is 1.21. The van der Waals surface area contributed by atoms with Crippen LogP contribution in [-0.4, -0.2) is 54.1 Å². The van der Waals surface area contributed by atoms with E-state index < -0.39 is 6.17 Å². The standard InChI is InChI=1S/C36H39N3O8/c1-22(21-46-29-16-14-25(20-30(29)42-3)35-37-27-10-8-7-9-26(27)36(40)38-35)39-47-31-17-23(13-15-28(31)41-2)11-12-24-18-32(43-4)34(45-6)33(19-24)44-5/h7-20,22,35,37,39H,21H2,1-6H3,(H,38,40)/b12-11-. The summed E-state index contributed by atoms with van der Waals surface area (Å²) in [5.41, 5.74) is 7.00. The highest BCUT2D eigenvalue weighted by atomic mass is 16.7. The van der Waals surface area contributed by atoms with Gasteiger partial charge in [0.2, 0.25) is 5.75 Å². The van der Waals surface area contributed by atoms with Crippen molar-refractivity contribution in [3.63, 3.8) is 0 Å². The largest absolute Gasteiger partial charge is 0.493 e. The number of carbonyl (C=O) groups excluding carboxylic acids is 1. The van der Waals surface area contributed by atoms with E-state index in [4.69, 9.17) is 33.3 Å². The van der Waals surface area contributed by atoms with Crippen molar-refractivity contribution in [3.05, 3.63) is 95.1 Å². The second-order valence-corrected chi connectivity index (χ2v) is 10.6. The smallest absolute Gasteiger partial charge is 0.255 e. The van der Waals surface area contributed by atoms with Gasteiger partial charge < -0.3 is 43.9 Å². The molecule has 5 rings (SSSR count). The number of rotatable bonds is 14. The molecule has 2 unspecified atom stereocenters. The van der Waals surface area contributed by atoms with E-state index in [9.17, 15) is 4.79 Å². The number of fused-ring (bicyclic) bond motifs is 1. The number of hydroxylamine groups is 1. The molecule has 1 aliphatic rings. The summed E-state index contributed by atoms with van der Waals surface area (Å²) in [6.07, 6.45) is 3.48. The van der Waals surface area contributed by atoms with E-state index in [1.807, 2.05) is 85.8 Å². The van der Waals surface area contributed by atoms with Gasteiger partial charge in [0, 0.05) is 5.69 Å². The molecule has 0 fully saturated rings. The van der Waals surface area contributed by atoms with E-state index in [1.54, 1.807) is 41.6 Å². The maximum Gasteiger partial charge on any atom is 0.255 e. The van der Waals surface area contributed by atoms with Crippen LogP contribution in [0.2, 0.25) is 0 Å². The van der Waals surface area contributed by atoms with Crippen LogP contribution in [0.3, 0.4) is 0 Å². The third kappa shape index (κ3) is 7.64. The second-order valence-electron chi connectivity index (χ2n) is 10.6. The Bertz CT molecular complexity index is 1720.